The van der Waals surface area contributed by atoms with Crippen LogP contribution in [0.15, 0.2) is 35.5 Å². The van der Waals surface area contributed by atoms with E-state index >= 15 is 0 Å². The van der Waals surface area contributed by atoms with E-state index in [1.165, 1.54) is 38.3 Å². The molecule has 1 amide bonds. The van der Waals surface area contributed by atoms with E-state index in [0.717, 1.165) is 4.90 Å². The monoisotopic (exact) mass is 440 g/mol. The molecule has 1 aromatic rings. The lowest BCUT2D eigenvalue weighted by molar-refractivity contribution is -0.384. The molecule has 162 valence electrons. The van der Waals surface area contributed by atoms with Gasteiger partial charge in [-0.1, -0.05) is 11.6 Å². The van der Waals surface area contributed by atoms with Gasteiger partial charge in [-0.25, -0.2) is 9.59 Å². The van der Waals surface area contributed by atoms with Gasteiger partial charge in [0.2, 0.25) is 5.91 Å². The number of hydrogen-bond acceptors (Lipinski definition) is 8. The number of allylic oxidation sites excluding steroid dienone is 1. The fourth-order valence-electron chi connectivity index (χ4n) is 2.89. The Morgan fingerprint density at radius 2 is 1.87 bits per heavy atom. The summed E-state index contributed by atoms with van der Waals surface area (Å²) in [6.07, 6.45) is -1.93. The first-order chi connectivity index (χ1) is 14.1. The summed E-state index contributed by atoms with van der Waals surface area (Å²) in [6.45, 7) is 4.61. The Morgan fingerprint density at radius 1 is 1.27 bits per heavy atom. The van der Waals surface area contributed by atoms with Gasteiger partial charge in [-0.05, 0) is 44.0 Å². The van der Waals surface area contributed by atoms with Gasteiger partial charge in [0.05, 0.1) is 12.0 Å². The van der Waals surface area contributed by atoms with Crippen LogP contribution in [0.4, 0.5) is 10.5 Å². The van der Waals surface area contributed by atoms with Crippen LogP contribution in [0, 0.1) is 16.0 Å². The fourth-order valence-corrected chi connectivity index (χ4v) is 3.40. The molecule has 1 aromatic carbocycles. The third-order valence-corrected chi connectivity index (χ3v) is 4.92. The van der Waals surface area contributed by atoms with Crippen molar-refractivity contribution in [2.45, 2.75) is 39.0 Å². The molecular formula is C19H21ClN2O8. The number of non-ortho nitro benzene ring substituents is 1. The van der Waals surface area contributed by atoms with Crippen LogP contribution in [0.5, 0.6) is 0 Å². The lowest BCUT2D eigenvalue weighted by Gasteiger charge is -2.45. The number of nitro benzene ring substituents is 1. The smallest absolute Gasteiger partial charge is 0.464 e. The molecule has 30 heavy (non-hydrogen) atoms. The highest BCUT2D eigenvalue weighted by molar-refractivity contribution is 6.26. The largest absolute Gasteiger partial charge is 0.508 e. The molecule has 0 radical (unpaired) electrons. The second-order valence-corrected chi connectivity index (χ2v) is 7.18. The van der Waals surface area contributed by atoms with Crippen LogP contribution in [0.1, 0.15) is 26.3 Å². The fraction of sp³-hybridized carbons (Fsp3) is 0.421. The van der Waals surface area contributed by atoms with Gasteiger partial charge >= 0.3 is 12.1 Å². The molecule has 0 N–H and O–H groups in total. The summed E-state index contributed by atoms with van der Waals surface area (Å²) in [7, 11) is 1.20. The molecule has 2 rings (SSSR count). The zero-order valence-electron chi connectivity index (χ0n) is 16.8. The van der Waals surface area contributed by atoms with Gasteiger partial charge in [-0.15, -0.1) is 0 Å². The van der Waals surface area contributed by atoms with Crippen molar-refractivity contribution in [1.29, 1.82) is 0 Å². The summed E-state index contributed by atoms with van der Waals surface area (Å²) in [6, 6.07) is 5.47. The zero-order chi connectivity index (χ0) is 22.6. The molecule has 11 heteroatoms. The maximum absolute atomic E-state index is 12.5. The van der Waals surface area contributed by atoms with E-state index < -0.39 is 40.5 Å². The van der Waals surface area contributed by atoms with Gasteiger partial charge in [-0.3, -0.25) is 19.8 Å². The van der Waals surface area contributed by atoms with Gasteiger partial charge in [0, 0.05) is 12.1 Å². The minimum Gasteiger partial charge on any atom is -0.464 e. The van der Waals surface area contributed by atoms with E-state index in [4.69, 9.17) is 21.1 Å². The van der Waals surface area contributed by atoms with Crippen molar-refractivity contribution >= 4 is 35.3 Å². The number of hydrogen-bond donors (Lipinski definition) is 0. The maximum atomic E-state index is 12.5. The van der Waals surface area contributed by atoms with Crippen LogP contribution >= 0.6 is 11.6 Å². The number of nitrogens with zero attached hydrogens (tertiary/aromatic N) is 2. The molecule has 0 bridgehead atoms. The molecule has 0 aromatic heterocycles. The Bertz CT molecular complexity index is 879. The van der Waals surface area contributed by atoms with E-state index in [9.17, 15) is 24.5 Å². The van der Waals surface area contributed by atoms with Crippen molar-refractivity contribution in [2.75, 3.05) is 7.11 Å². The third kappa shape index (κ3) is 4.88. The Morgan fingerprint density at radius 3 is 2.33 bits per heavy atom. The summed E-state index contributed by atoms with van der Waals surface area (Å²) in [5, 5.41) is 10.6. The number of β-lactam (4-membered cyclic amide) rings is 1. The number of amides is 1. The molecule has 1 aliphatic heterocycles. The molecule has 3 atom stereocenters. The summed E-state index contributed by atoms with van der Waals surface area (Å²) in [5.41, 5.74) is 0.137. The van der Waals surface area contributed by atoms with Crippen LogP contribution in [0.25, 0.3) is 0 Å². The Kier molecular flexibility index (Phi) is 7.38. The van der Waals surface area contributed by atoms with E-state index in [1.807, 2.05) is 0 Å². The van der Waals surface area contributed by atoms with Crippen molar-refractivity contribution in [3.05, 3.63) is 51.2 Å². The molecule has 2 unspecified atom stereocenters. The van der Waals surface area contributed by atoms with Gasteiger partial charge in [0.25, 0.3) is 5.69 Å². The van der Waals surface area contributed by atoms with E-state index in [2.05, 4.69) is 4.74 Å². The van der Waals surface area contributed by atoms with Gasteiger partial charge in [-0.2, -0.15) is 0 Å². The second kappa shape index (κ2) is 9.57. The van der Waals surface area contributed by atoms with Crippen molar-refractivity contribution in [3.8, 4) is 0 Å². The molecule has 0 saturated carbocycles. The normalized spacial score (nSPS) is 18.7. The van der Waals surface area contributed by atoms with Gasteiger partial charge in [0.1, 0.15) is 29.8 Å². The van der Waals surface area contributed by atoms with Gasteiger partial charge < -0.3 is 14.2 Å². The lowest BCUT2D eigenvalue weighted by atomic mass is 9.91. The number of halogens is 1. The number of carbonyl (C=O) groups excluding carboxylic acids is 3. The molecule has 10 nitrogen and oxygen atoms in total. The molecule has 1 aliphatic rings. The number of ether oxygens (including phenoxy) is 3. The van der Waals surface area contributed by atoms with E-state index in [0.29, 0.717) is 11.1 Å². The highest BCUT2D eigenvalue weighted by Crippen LogP contribution is 2.38. The van der Waals surface area contributed by atoms with E-state index in [1.54, 1.807) is 13.8 Å². The predicted molar refractivity (Wildman–Crippen MR) is 104 cm³/mol. The number of carbonyl (C=O) groups is 3. The number of alkyl halides is 1. The zero-order valence-corrected chi connectivity index (χ0v) is 17.5. The predicted octanol–water partition coefficient (Wildman–Crippen LogP) is 3.13. The van der Waals surface area contributed by atoms with Crippen LogP contribution in [-0.4, -0.2) is 46.6 Å². The van der Waals surface area contributed by atoms with Crippen molar-refractivity contribution in [2.24, 2.45) is 5.92 Å². The number of rotatable bonds is 7. The van der Waals surface area contributed by atoms with Gasteiger partial charge in [0.15, 0.2) is 0 Å². The third-order valence-electron chi connectivity index (χ3n) is 4.45. The number of nitro groups is 1. The first-order valence-corrected chi connectivity index (χ1v) is 9.31. The number of esters is 1. The van der Waals surface area contributed by atoms with Crippen LogP contribution in [0.3, 0.4) is 0 Å². The Balaban J connectivity index is 1.93. The van der Waals surface area contributed by atoms with Crippen LogP contribution < -0.4 is 0 Å². The molecule has 0 aliphatic carbocycles. The summed E-state index contributed by atoms with van der Waals surface area (Å²) in [5.74, 6) is -2.03. The highest BCUT2D eigenvalue weighted by atomic mass is 35.5. The SMILES string of the molecule is COC(=O)C(=C(C)C)N1C(=O)[C@H](C(C)OC(=O)OCc2ccc([N+](=O)[O-])cc2)C1Cl. The average molecular weight is 441 g/mol. The summed E-state index contributed by atoms with van der Waals surface area (Å²) < 4.78 is 14.8. The maximum Gasteiger partial charge on any atom is 0.508 e. The number of methoxy groups -OCH3 is 1. The molecule has 1 fully saturated rings. The first kappa shape index (κ1) is 23.1. The van der Waals surface area contributed by atoms with Crippen LogP contribution in [-0.2, 0) is 30.4 Å². The Labute approximate surface area is 177 Å². The number of likely N-dealkylation sites (tertiary alicyclic amines) is 1. The highest BCUT2D eigenvalue weighted by Gasteiger charge is 2.53. The molecular weight excluding hydrogens is 420 g/mol. The minimum absolute atomic E-state index is 0.0479. The van der Waals surface area contributed by atoms with Crippen LogP contribution in [0.2, 0.25) is 0 Å². The molecule has 1 saturated heterocycles. The summed E-state index contributed by atoms with van der Waals surface area (Å²) in [4.78, 5) is 47.6. The van der Waals surface area contributed by atoms with Crippen molar-refractivity contribution in [3.63, 3.8) is 0 Å². The molecule has 0 spiro atoms. The lowest BCUT2D eigenvalue weighted by Crippen LogP contribution is -2.62. The Hall–Kier alpha value is -3.14. The average Bonchev–Trinajstić information content (AvgIpc) is 2.69. The number of benzene rings is 1. The van der Waals surface area contributed by atoms with Crippen molar-refractivity contribution in [1.82, 2.24) is 4.90 Å². The first-order valence-electron chi connectivity index (χ1n) is 8.88. The molecule has 1 heterocycles. The van der Waals surface area contributed by atoms with Crippen molar-refractivity contribution < 1.29 is 33.5 Å². The minimum atomic E-state index is -1.02. The topological polar surface area (TPSA) is 125 Å². The quantitative estimate of drug-likeness (QED) is 0.120. The summed E-state index contributed by atoms with van der Waals surface area (Å²) >= 11 is 6.28. The van der Waals surface area contributed by atoms with E-state index in [-0.39, 0.29) is 18.0 Å². The second-order valence-electron chi connectivity index (χ2n) is 6.73. The standard InChI is InChI=1S/C19H21ClN2O8/c1-10(2)15(18(24)28-4)21-16(20)14(17(21)23)11(3)30-19(25)29-9-12-5-7-13(8-6-12)22(26)27/h5-8,11,14,16H,9H2,1-4H3/t11?,14-,16?/m1/s1.